The van der Waals surface area contributed by atoms with Gasteiger partial charge in [0.05, 0.1) is 4.90 Å². The van der Waals surface area contributed by atoms with Gasteiger partial charge in [0.25, 0.3) is 0 Å². The van der Waals surface area contributed by atoms with E-state index in [4.69, 9.17) is 9.90 Å². The van der Waals surface area contributed by atoms with Crippen LogP contribution in [0.2, 0.25) is 0 Å². The van der Waals surface area contributed by atoms with Gasteiger partial charge in [-0.1, -0.05) is 19.1 Å². The minimum atomic E-state index is -5.08. The molecule has 182 valence electrons. The van der Waals surface area contributed by atoms with Crippen LogP contribution in [0.1, 0.15) is 32.8 Å². The number of carboxylic acids is 1. The molecule has 1 heterocycles. The molecule has 1 amide bonds. The van der Waals surface area contributed by atoms with Crippen LogP contribution in [-0.2, 0) is 26.0 Å². The third-order valence-electron chi connectivity index (χ3n) is 4.77. The van der Waals surface area contributed by atoms with Gasteiger partial charge in [-0.05, 0) is 38.0 Å². The van der Waals surface area contributed by atoms with Crippen LogP contribution in [0.5, 0.6) is 0 Å². The van der Waals surface area contributed by atoms with Crippen LogP contribution in [0, 0.1) is 0 Å². The Hall–Kier alpha value is -2.18. The molecule has 0 saturated carbocycles. The van der Waals surface area contributed by atoms with Crippen molar-refractivity contribution in [3.05, 3.63) is 29.8 Å². The van der Waals surface area contributed by atoms with Gasteiger partial charge in [-0.25, -0.2) is 13.2 Å². The number of hydrogen-bond donors (Lipinski definition) is 2. The van der Waals surface area contributed by atoms with Crippen molar-refractivity contribution in [1.29, 1.82) is 0 Å². The molecule has 2 N–H and O–H groups in total. The first-order chi connectivity index (χ1) is 14.8. The number of hydrogen-bond acceptors (Lipinski definition) is 5. The summed E-state index contributed by atoms with van der Waals surface area (Å²) in [5.41, 5.74) is 1.10. The van der Waals surface area contributed by atoms with Crippen molar-refractivity contribution in [2.24, 2.45) is 0 Å². The summed E-state index contributed by atoms with van der Waals surface area (Å²) >= 11 is 0. The molecule has 0 atom stereocenters. The maximum atomic E-state index is 13.0. The number of amides is 1. The number of rotatable bonds is 7. The normalized spacial score (nSPS) is 14.8. The average Bonchev–Trinajstić information content (AvgIpc) is 2.73. The molecule has 1 fully saturated rings. The van der Waals surface area contributed by atoms with E-state index in [1.165, 1.54) is 4.31 Å². The molecular formula is C20H30F3N3O5S. The molecular weight excluding hydrogens is 451 g/mol. The van der Waals surface area contributed by atoms with E-state index in [1.807, 2.05) is 32.9 Å². The minimum Gasteiger partial charge on any atom is -0.475 e. The Morgan fingerprint density at radius 2 is 1.66 bits per heavy atom. The number of piperazine rings is 1. The molecule has 0 aromatic heterocycles. The first-order valence-corrected chi connectivity index (χ1v) is 11.6. The second-order valence-electron chi connectivity index (χ2n) is 7.39. The van der Waals surface area contributed by atoms with Crippen LogP contribution in [0.3, 0.4) is 0 Å². The maximum absolute atomic E-state index is 13.0. The van der Waals surface area contributed by atoms with Crippen molar-refractivity contribution in [3.8, 4) is 0 Å². The average molecular weight is 482 g/mol. The van der Waals surface area contributed by atoms with Crippen LogP contribution < -0.4 is 5.32 Å². The molecule has 32 heavy (non-hydrogen) atoms. The topological polar surface area (TPSA) is 107 Å². The first kappa shape index (κ1) is 27.9. The number of sulfonamides is 1. The van der Waals surface area contributed by atoms with Crippen molar-refractivity contribution in [2.75, 3.05) is 32.7 Å². The molecule has 2 rings (SSSR count). The number of carbonyl (C=O) groups excluding carboxylic acids is 1. The van der Waals surface area contributed by atoms with Gasteiger partial charge >= 0.3 is 12.1 Å². The molecule has 1 aliphatic heterocycles. The number of nitrogens with zero attached hydrogens (tertiary/aromatic N) is 2. The standard InChI is InChI=1S/C18H29N3O3S.C2HF3O2/c1-4-16-5-7-17(8-6-16)25(23,24)21(15(2)3)12-9-18(22)20-13-10-19-11-14-20;3-2(4,5)1(6)7/h5-8,15,19H,4,9-14H2,1-3H3;(H,6,7). The Morgan fingerprint density at radius 3 is 2.06 bits per heavy atom. The molecule has 12 heteroatoms. The Bertz CT molecular complexity index is 852. The second-order valence-corrected chi connectivity index (χ2v) is 9.28. The van der Waals surface area contributed by atoms with E-state index in [9.17, 15) is 26.4 Å². The van der Waals surface area contributed by atoms with Crippen LogP contribution in [0.25, 0.3) is 0 Å². The van der Waals surface area contributed by atoms with Crippen molar-refractivity contribution >= 4 is 21.9 Å². The highest BCUT2D eigenvalue weighted by atomic mass is 32.2. The van der Waals surface area contributed by atoms with Crippen molar-refractivity contribution in [3.63, 3.8) is 0 Å². The Kier molecular flexibility index (Phi) is 10.6. The molecule has 1 aromatic rings. The highest BCUT2D eigenvalue weighted by molar-refractivity contribution is 7.89. The van der Waals surface area contributed by atoms with E-state index in [2.05, 4.69) is 5.32 Å². The monoisotopic (exact) mass is 481 g/mol. The number of aliphatic carboxylic acids is 1. The number of alkyl halides is 3. The summed E-state index contributed by atoms with van der Waals surface area (Å²) in [6.07, 6.45) is -4.00. The minimum absolute atomic E-state index is 0.0173. The van der Waals surface area contributed by atoms with Gasteiger partial charge in [0.1, 0.15) is 0 Å². The molecule has 1 aliphatic rings. The number of aryl methyl sites for hydroxylation is 1. The number of nitrogens with one attached hydrogen (secondary N) is 1. The molecule has 1 aromatic carbocycles. The van der Waals surface area contributed by atoms with Gasteiger partial charge in [-0.3, -0.25) is 4.79 Å². The fourth-order valence-corrected chi connectivity index (χ4v) is 4.60. The SMILES string of the molecule is CCc1ccc(S(=O)(=O)N(CCC(=O)N2CCNCC2)C(C)C)cc1.O=C(O)C(F)(F)F. The number of halogens is 3. The zero-order valence-electron chi connectivity index (χ0n) is 18.4. The zero-order chi connectivity index (χ0) is 24.5. The van der Waals surface area contributed by atoms with Gasteiger partial charge < -0.3 is 15.3 Å². The lowest BCUT2D eigenvalue weighted by Crippen LogP contribution is -2.47. The van der Waals surface area contributed by atoms with Gasteiger partial charge in [0.15, 0.2) is 0 Å². The number of carbonyl (C=O) groups is 2. The summed E-state index contributed by atoms with van der Waals surface area (Å²) < 4.78 is 59.1. The largest absolute Gasteiger partial charge is 0.490 e. The summed E-state index contributed by atoms with van der Waals surface area (Å²) in [6, 6.07) is 6.80. The third-order valence-corrected chi connectivity index (χ3v) is 6.86. The highest BCUT2D eigenvalue weighted by Gasteiger charge is 2.38. The summed E-state index contributed by atoms with van der Waals surface area (Å²) in [6.45, 7) is 8.88. The van der Waals surface area contributed by atoms with Crippen LogP contribution in [0.4, 0.5) is 13.2 Å². The summed E-state index contributed by atoms with van der Waals surface area (Å²) in [5, 5.41) is 10.3. The fraction of sp³-hybridized carbons (Fsp3) is 0.600. The highest BCUT2D eigenvalue weighted by Crippen LogP contribution is 2.20. The molecule has 0 aliphatic carbocycles. The second kappa shape index (κ2) is 12.2. The molecule has 0 unspecified atom stereocenters. The molecule has 8 nitrogen and oxygen atoms in total. The lowest BCUT2D eigenvalue weighted by Gasteiger charge is -2.30. The van der Waals surface area contributed by atoms with Crippen LogP contribution in [-0.4, -0.2) is 79.5 Å². The predicted molar refractivity (Wildman–Crippen MR) is 113 cm³/mol. The van der Waals surface area contributed by atoms with Crippen molar-refractivity contribution < 1.29 is 36.3 Å². The predicted octanol–water partition coefficient (Wildman–Crippen LogP) is 2.10. The molecule has 0 bridgehead atoms. The molecule has 1 saturated heterocycles. The lowest BCUT2D eigenvalue weighted by molar-refractivity contribution is -0.192. The molecule has 0 radical (unpaired) electrons. The van der Waals surface area contributed by atoms with Crippen molar-refractivity contribution in [1.82, 2.24) is 14.5 Å². The lowest BCUT2D eigenvalue weighted by atomic mass is 10.2. The number of benzene rings is 1. The quantitative estimate of drug-likeness (QED) is 0.618. The van der Waals surface area contributed by atoms with Gasteiger partial charge in [0.2, 0.25) is 15.9 Å². The van der Waals surface area contributed by atoms with Crippen LogP contribution >= 0.6 is 0 Å². The van der Waals surface area contributed by atoms with Crippen LogP contribution in [0.15, 0.2) is 29.2 Å². The third kappa shape index (κ3) is 8.40. The Labute approximate surface area is 186 Å². The smallest absolute Gasteiger partial charge is 0.475 e. The fourth-order valence-electron chi connectivity index (χ4n) is 2.97. The summed E-state index contributed by atoms with van der Waals surface area (Å²) in [7, 11) is -3.60. The van der Waals surface area contributed by atoms with Gasteiger partial charge in [-0.15, -0.1) is 0 Å². The number of carboxylic acid groups (broad SMARTS) is 1. The van der Waals surface area contributed by atoms with Gasteiger partial charge in [0, 0.05) is 45.2 Å². The zero-order valence-corrected chi connectivity index (χ0v) is 19.2. The van der Waals surface area contributed by atoms with E-state index in [1.54, 1.807) is 17.0 Å². The first-order valence-electron chi connectivity index (χ1n) is 10.2. The Balaban J connectivity index is 0.000000633. The maximum Gasteiger partial charge on any atom is 0.490 e. The van der Waals surface area contributed by atoms with Crippen molar-refractivity contribution in [2.45, 2.75) is 50.7 Å². The van der Waals surface area contributed by atoms with E-state index in [-0.39, 0.29) is 29.8 Å². The van der Waals surface area contributed by atoms with E-state index >= 15 is 0 Å². The summed E-state index contributed by atoms with van der Waals surface area (Å²) in [4.78, 5) is 23.3. The van der Waals surface area contributed by atoms with E-state index < -0.39 is 22.2 Å². The van der Waals surface area contributed by atoms with E-state index in [0.29, 0.717) is 13.1 Å². The summed E-state index contributed by atoms with van der Waals surface area (Å²) in [5.74, 6) is -2.74. The van der Waals surface area contributed by atoms with Gasteiger partial charge in [-0.2, -0.15) is 17.5 Å². The van der Waals surface area contributed by atoms with E-state index in [0.717, 1.165) is 25.1 Å². The Morgan fingerprint density at radius 1 is 1.16 bits per heavy atom. The molecule has 0 spiro atoms.